The number of amidine groups is 1. The zero-order chi connectivity index (χ0) is 23.5. The van der Waals surface area contributed by atoms with E-state index >= 15 is 0 Å². The van der Waals surface area contributed by atoms with Gasteiger partial charge in [0.2, 0.25) is 5.91 Å². The van der Waals surface area contributed by atoms with Crippen LogP contribution in [0.15, 0.2) is 35.5 Å². The zero-order valence-electron chi connectivity index (χ0n) is 19.6. The molecule has 1 saturated heterocycles. The third-order valence-electron chi connectivity index (χ3n) is 7.17. The Bertz CT molecular complexity index is 891. The molecular formula is C25H36ClN5O2. The minimum Gasteiger partial charge on any atom is -0.389 e. The van der Waals surface area contributed by atoms with Crippen molar-refractivity contribution in [3.05, 3.63) is 46.1 Å². The second-order valence-corrected chi connectivity index (χ2v) is 10.0. The molecular weight excluding hydrogens is 438 g/mol. The maximum atomic E-state index is 13.5. The number of aliphatic hydroxyl groups is 1. The minimum atomic E-state index is -0.536. The molecule has 1 aromatic rings. The SMILES string of the molecule is CNC1=C(C(=N)N2CCN(C(=O)[C@H](CNCC3CC3)c3ccc(Cl)cc3)CC2)[C@H](C)C[C@@H]1O. The van der Waals surface area contributed by atoms with Crippen molar-refractivity contribution in [2.75, 3.05) is 46.3 Å². The van der Waals surface area contributed by atoms with E-state index in [0.717, 1.165) is 29.3 Å². The van der Waals surface area contributed by atoms with Gasteiger partial charge in [0.1, 0.15) is 5.84 Å². The van der Waals surface area contributed by atoms with Crippen LogP contribution in [0.2, 0.25) is 5.02 Å². The Morgan fingerprint density at radius 3 is 2.42 bits per heavy atom. The summed E-state index contributed by atoms with van der Waals surface area (Å²) in [5.74, 6) is 1.26. The van der Waals surface area contributed by atoms with E-state index in [1.807, 2.05) is 34.1 Å². The number of benzene rings is 1. The Labute approximate surface area is 201 Å². The van der Waals surface area contributed by atoms with Gasteiger partial charge in [-0.3, -0.25) is 10.2 Å². The van der Waals surface area contributed by atoms with Crippen LogP contribution >= 0.6 is 11.6 Å². The number of aliphatic hydroxyl groups excluding tert-OH is 1. The molecule has 4 rings (SSSR count). The number of hydrogen-bond donors (Lipinski definition) is 4. The van der Waals surface area contributed by atoms with E-state index in [9.17, 15) is 9.90 Å². The first-order chi connectivity index (χ1) is 15.9. The van der Waals surface area contributed by atoms with Crippen LogP contribution in [0.1, 0.15) is 37.7 Å². The molecule has 0 spiro atoms. The van der Waals surface area contributed by atoms with Gasteiger partial charge in [0.05, 0.1) is 12.0 Å². The summed E-state index contributed by atoms with van der Waals surface area (Å²) >= 11 is 6.08. The van der Waals surface area contributed by atoms with Gasteiger partial charge >= 0.3 is 0 Å². The van der Waals surface area contributed by atoms with Crippen molar-refractivity contribution in [1.82, 2.24) is 20.4 Å². The highest BCUT2D eigenvalue weighted by Gasteiger charge is 2.35. The van der Waals surface area contributed by atoms with Gasteiger partial charge in [0, 0.05) is 56.1 Å². The minimum absolute atomic E-state index is 0.131. The van der Waals surface area contributed by atoms with Crippen LogP contribution in [-0.2, 0) is 4.79 Å². The molecule has 8 heteroatoms. The van der Waals surface area contributed by atoms with Gasteiger partial charge in [-0.1, -0.05) is 30.7 Å². The quantitative estimate of drug-likeness (QED) is 0.344. The highest BCUT2D eigenvalue weighted by Crippen LogP contribution is 2.32. The predicted molar refractivity (Wildman–Crippen MR) is 132 cm³/mol. The maximum absolute atomic E-state index is 13.5. The number of hydrogen-bond acceptors (Lipinski definition) is 5. The number of rotatable bonds is 8. The van der Waals surface area contributed by atoms with Crippen molar-refractivity contribution in [2.24, 2.45) is 11.8 Å². The first kappa shape index (κ1) is 24.0. The average molecular weight is 474 g/mol. The first-order valence-electron chi connectivity index (χ1n) is 12.1. The lowest BCUT2D eigenvalue weighted by Gasteiger charge is -2.38. The number of likely N-dealkylation sites (N-methyl/N-ethyl adjacent to an activating group) is 1. The molecule has 0 radical (unpaired) electrons. The molecule has 0 bridgehead atoms. The third-order valence-corrected chi connectivity index (χ3v) is 7.43. The van der Waals surface area contributed by atoms with Gasteiger partial charge in [-0.2, -0.15) is 0 Å². The number of amides is 1. The van der Waals surface area contributed by atoms with Gasteiger partial charge in [-0.25, -0.2) is 0 Å². The lowest BCUT2D eigenvalue weighted by atomic mass is 9.96. The van der Waals surface area contributed by atoms with E-state index in [-0.39, 0.29) is 17.7 Å². The van der Waals surface area contributed by atoms with E-state index < -0.39 is 6.10 Å². The van der Waals surface area contributed by atoms with Gasteiger partial charge in [-0.05, 0) is 55.3 Å². The number of carbonyl (C=O) groups is 1. The van der Waals surface area contributed by atoms with Crippen LogP contribution < -0.4 is 10.6 Å². The molecule has 1 saturated carbocycles. The van der Waals surface area contributed by atoms with Crippen molar-refractivity contribution < 1.29 is 9.90 Å². The maximum Gasteiger partial charge on any atom is 0.231 e. The summed E-state index contributed by atoms with van der Waals surface area (Å²) in [7, 11) is 1.80. The molecule has 4 N–H and O–H groups in total. The molecule has 1 aromatic carbocycles. The van der Waals surface area contributed by atoms with Gasteiger partial charge in [-0.15, -0.1) is 0 Å². The largest absolute Gasteiger partial charge is 0.389 e. The Morgan fingerprint density at radius 2 is 1.82 bits per heavy atom. The normalized spacial score (nSPS) is 24.2. The van der Waals surface area contributed by atoms with Crippen molar-refractivity contribution in [2.45, 2.75) is 38.2 Å². The highest BCUT2D eigenvalue weighted by atomic mass is 35.5. The number of nitrogens with one attached hydrogen (secondary N) is 3. The average Bonchev–Trinajstić information content (AvgIpc) is 3.59. The lowest BCUT2D eigenvalue weighted by molar-refractivity contribution is -0.134. The highest BCUT2D eigenvalue weighted by molar-refractivity contribution is 6.30. The summed E-state index contributed by atoms with van der Waals surface area (Å²) in [5.41, 5.74) is 2.64. The fraction of sp³-hybridized carbons (Fsp3) is 0.600. The first-order valence-corrected chi connectivity index (χ1v) is 12.5. The second kappa shape index (κ2) is 10.5. The van der Waals surface area contributed by atoms with E-state index in [1.54, 1.807) is 7.05 Å². The molecule has 7 nitrogen and oxygen atoms in total. The molecule has 0 unspecified atom stereocenters. The van der Waals surface area contributed by atoms with E-state index in [0.29, 0.717) is 50.0 Å². The molecule has 1 amide bonds. The second-order valence-electron chi connectivity index (χ2n) is 9.60. The van der Waals surface area contributed by atoms with Crippen LogP contribution in [0.3, 0.4) is 0 Å². The summed E-state index contributed by atoms with van der Waals surface area (Å²) in [6.07, 6.45) is 2.67. The van der Waals surface area contributed by atoms with E-state index in [2.05, 4.69) is 17.6 Å². The van der Waals surface area contributed by atoms with E-state index in [1.165, 1.54) is 12.8 Å². The van der Waals surface area contributed by atoms with Gasteiger partial charge in [0.25, 0.3) is 0 Å². The monoisotopic (exact) mass is 473 g/mol. The van der Waals surface area contributed by atoms with Crippen molar-refractivity contribution in [3.63, 3.8) is 0 Å². The molecule has 1 aliphatic heterocycles. The number of halogens is 1. The van der Waals surface area contributed by atoms with Crippen molar-refractivity contribution in [1.29, 1.82) is 5.41 Å². The van der Waals surface area contributed by atoms with Crippen LogP contribution in [0.5, 0.6) is 0 Å². The molecule has 2 fully saturated rings. The summed E-state index contributed by atoms with van der Waals surface area (Å²) in [5, 5.41) is 26.3. The molecule has 0 aromatic heterocycles. The Balaban J connectivity index is 1.40. The molecule has 3 aliphatic rings. The molecule has 33 heavy (non-hydrogen) atoms. The summed E-state index contributed by atoms with van der Waals surface area (Å²) in [4.78, 5) is 17.5. The fourth-order valence-electron chi connectivity index (χ4n) is 5.02. The molecule has 1 heterocycles. The van der Waals surface area contributed by atoms with Crippen LogP contribution in [-0.4, -0.2) is 79.1 Å². The molecule has 2 aliphatic carbocycles. The lowest BCUT2D eigenvalue weighted by Crippen LogP contribution is -2.52. The summed E-state index contributed by atoms with van der Waals surface area (Å²) in [6, 6.07) is 7.60. The third kappa shape index (κ3) is 5.53. The summed E-state index contributed by atoms with van der Waals surface area (Å²) < 4.78 is 0. The Hall–Kier alpha value is -2.09. The number of nitrogens with zero attached hydrogens (tertiary/aromatic N) is 2. The van der Waals surface area contributed by atoms with Gasteiger partial charge < -0.3 is 25.5 Å². The van der Waals surface area contributed by atoms with Crippen LogP contribution in [0.4, 0.5) is 0 Å². The summed E-state index contributed by atoms with van der Waals surface area (Å²) in [6.45, 7) is 6.08. The number of piperazine rings is 1. The zero-order valence-corrected chi connectivity index (χ0v) is 20.4. The van der Waals surface area contributed by atoms with Crippen LogP contribution in [0, 0.1) is 17.2 Å². The smallest absolute Gasteiger partial charge is 0.231 e. The van der Waals surface area contributed by atoms with Crippen molar-refractivity contribution >= 4 is 23.3 Å². The van der Waals surface area contributed by atoms with Gasteiger partial charge in [0.15, 0.2) is 0 Å². The Morgan fingerprint density at radius 1 is 1.18 bits per heavy atom. The topological polar surface area (TPSA) is 91.7 Å². The standard InChI is InChI=1S/C25H36ClN5O2/c1-16-13-21(32)23(28-2)22(16)24(27)30-9-11-31(12-10-30)25(33)20(15-29-14-17-3-4-17)18-5-7-19(26)8-6-18/h5-8,16-17,20-21,27-29,32H,3-4,9-15H2,1-2H3/t16-,20-,21+/m1/s1. The van der Waals surface area contributed by atoms with Crippen LogP contribution in [0.25, 0.3) is 0 Å². The van der Waals surface area contributed by atoms with E-state index in [4.69, 9.17) is 17.0 Å². The fourth-order valence-corrected chi connectivity index (χ4v) is 5.14. The Kier molecular flexibility index (Phi) is 7.62. The number of carbonyl (C=O) groups excluding carboxylic acids is 1. The molecule has 3 atom stereocenters. The predicted octanol–water partition coefficient (Wildman–Crippen LogP) is 2.42. The molecule has 180 valence electrons. The van der Waals surface area contributed by atoms with Crippen molar-refractivity contribution in [3.8, 4) is 0 Å².